The molecule has 0 fully saturated rings. The summed E-state index contributed by atoms with van der Waals surface area (Å²) in [4.78, 5) is 0. The minimum Gasteiger partial charge on any atom is -0.508 e. The molecule has 78 valence electrons. The van der Waals surface area contributed by atoms with Crippen LogP contribution in [0, 0.1) is 5.82 Å². The fraction of sp³-hybridized carbons (Fsp3) is 0.400. The zero-order valence-corrected chi connectivity index (χ0v) is 8.58. The van der Waals surface area contributed by atoms with Crippen LogP contribution in [-0.2, 0) is 0 Å². The van der Waals surface area contributed by atoms with E-state index in [0.29, 0.717) is 5.56 Å². The smallest absolute Gasteiger partial charge is 0.126 e. The lowest BCUT2D eigenvalue weighted by Crippen LogP contribution is -2.32. The number of phenols is 1. The van der Waals surface area contributed by atoms with Crippen molar-refractivity contribution in [3.63, 3.8) is 0 Å². The number of rotatable bonds is 3. The lowest BCUT2D eigenvalue weighted by Gasteiger charge is -2.20. The molecule has 1 aromatic carbocycles. The van der Waals surface area contributed by atoms with E-state index in [4.69, 9.17) is 0 Å². The number of hydrazine groups is 1. The summed E-state index contributed by atoms with van der Waals surface area (Å²) in [5.74, 6) is -0.449. The van der Waals surface area contributed by atoms with Crippen molar-refractivity contribution in [1.29, 1.82) is 0 Å². The maximum atomic E-state index is 12.7. The lowest BCUT2D eigenvalue weighted by atomic mass is 10.1. The summed E-state index contributed by atoms with van der Waals surface area (Å²) < 4.78 is 12.7. The molecule has 0 bridgehead atoms. The van der Waals surface area contributed by atoms with Crippen molar-refractivity contribution in [3.8, 4) is 5.75 Å². The molecule has 0 spiro atoms. The van der Waals surface area contributed by atoms with E-state index in [1.54, 1.807) is 11.1 Å². The molecule has 14 heavy (non-hydrogen) atoms. The molecule has 1 aromatic rings. The van der Waals surface area contributed by atoms with Gasteiger partial charge in [-0.2, -0.15) is 0 Å². The molecule has 0 aliphatic carbocycles. The molecule has 0 aliphatic rings. The van der Waals surface area contributed by atoms with Crippen LogP contribution in [-0.4, -0.2) is 24.2 Å². The molecule has 1 atom stereocenters. The highest BCUT2D eigenvalue weighted by molar-refractivity contribution is 5.34. The van der Waals surface area contributed by atoms with Crippen LogP contribution in [0.2, 0.25) is 0 Å². The molecule has 0 heterocycles. The van der Waals surface area contributed by atoms with Gasteiger partial charge in [-0.15, -0.1) is 0 Å². The number of nitrogens with zero attached hydrogens (tertiary/aromatic N) is 1. The fourth-order valence-electron chi connectivity index (χ4n) is 1.34. The molecule has 2 N–H and O–H groups in total. The third-order valence-corrected chi connectivity index (χ3v) is 1.91. The summed E-state index contributed by atoms with van der Waals surface area (Å²) in [7, 11) is 3.72. The average Bonchev–Trinajstić information content (AvgIpc) is 2.01. The molecule has 0 saturated carbocycles. The van der Waals surface area contributed by atoms with E-state index >= 15 is 0 Å². The van der Waals surface area contributed by atoms with Crippen LogP contribution in [0.25, 0.3) is 0 Å². The summed E-state index contributed by atoms with van der Waals surface area (Å²) in [5.41, 5.74) is 3.75. The van der Waals surface area contributed by atoms with E-state index in [1.807, 2.05) is 21.0 Å². The van der Waals surface area contributed by atoms with Crippen molar-refractivity contribution in [2.45, 2.75) is 13.0 Å². The Bertz CT molecular complexity index is 315. The average molecular weight is 198 g/mol. The Hall–Kier alpha value is -1.13. The molecular weight excluding hydrogens is 183 g/mol. The monoisotopic (exact) mass is 198 g/mol. The van der Waals surface area contributed by atoms with Gasteiger partial charge in [-0.05, 0) is 13.0 Å². The van der Waals surface area contributed by atoms with Crippen molar-refractivity contribution >= 4 is 0 Å². The number of hydrogen-bond acceptors (Lipinski definition) is 3. The Labute approximate surface area is 83.1 Å². The van der Waals surface area contributed by atoms with Crippen LogP contribution in [0.5, 0.6) is 5.75 Å². The summed E-state index contributed by atoms with van der Waals surface area (Å²) in [6, 6.07) is 3.98. The minimum absolute atomic E-state index is 0.0214. The van der Waals surface area contributed by atoms with Crippen LogP contribution in [0.4, 0.5) is 4.39 Å². The number of hydrogen-bond donors (Lipinski definition) is 2. The third-order valence-electron chi connectivity index (χ3n) is 1.91. The zero-order chi connectivity index (χ0) is 10.7. The van der Waals surface area contributed by atoms with E-state index in [1.165, 1.54) is 6.07 Å². The lowest BCUT2D eigenvalue weighted by molar-refractivity contribution is 0.249. The van der Waals surface area contributed by atoms with Gasteiger partial charge in [0.25, 0.3) is 0 Å². The molecular formula is C10H15FN2O. The van der Waals surface area contributed by atoms with Gasteiger partial charge in [0.15, 0.2) is 0 Å². The maximum absolute atomic E-state index is 12.7. The van der Waals surface area contributed by atoms with Crippen LogP contribution in [0.15, 0.2) is 18.2 Å². The van der Waals surface area contributed by atoms with Crippen molar-refractivity contribution < 1.29 is 9.50 Å². The largest absolute Gasteiger partial charge is 0.508 e. The predicted octanol–water partition coefficient (Wildman–Crippen LogP) is 1.66. The normalized spacial score (nSPS) is 13.2. The molecule has 3 nitrogen and oxygen atoms in total. The van der Waals surface area contributed by atoms with Gasteiger partial charge in [-0.1, -0.05) is 6.07 Å². The highest BCUT2D eigenvalue weighted by Gasteiger charge is 2.10. The van der Waals surface area contributed by atoms with Crippen LogP contribution >= 0.6 is 0 Å². The molecule has 4 heteroatoms. The zero-order valence-electron chi connectivity index (χ0n) is 8.58. The van der Waals surface area contributed by atoms with Gasteiger partial charge in [0, 0.05) is 31.8 Å². The second-order valence-electron chi connectivity index (χ2n) is 3.45. The van der Waals surface area contributed by atoms with Crippen molar-refractivity contribution in [1.82, 2.24) is 10.4 Å². The highest BCUT2D eigenvalue weighted by atomic mass is 19.1. The molecule has 0 saturated heterocycles. The van der Waals surface area contributed by atoms with Gasteiger partial charge in [-0.3, -0.25) is 5.01 Å². The number of benzene rings is 1. The van der Waals surface area contributed by atoms with Crippen molar-refractivity contribution in [2.24, 2.45) is 0 Å². The number of nitrogens with one attached hydrogen (secondary N) is 1. The topological polar surface area (TPSA) is 35.5 Å². The number of phenolic OH excluding ortho intramolecular Hbond substituents is 1. The Kier molecular flexibility index (Phi) is 3.43. The molecule has 0 amide bonds. The molecule has 0 aromatic heterocycles. The van der Waals surface area contributed by atoms with Gasteiger partial charge in [-0.25, -0.2) is 9.82 Å². The predicted molar refractivity (Wildman–Crippen MR) is 53.3 cm³/mol. The second-order valence-corrected chi connectivity index (χ2v) is 3.45. The van der Waals surface area contributed by atoms with Gasteiger partial charge in [0.05, 0.1) is 0 Å². The van der Waals surface area contributed by atoms with Crippen molar-refractivity contribution in [2.75, 3.05) is 14.1 Å². The van der Waals surface area contributed by atoms with E-state index in [9.17, 15) is 9.50 Å². The van der Waals surface area contributed by atoms with Gasteiger partial charge >= 0.3 is 0 Å². The number of halogens is 1. The fourth-order valence-corrected chi connectivity index (χ4v) is 1.34. The van der Waals surface area contributed by atoms with Crippen molar-refractivity contribution in [3.05, 3.63) is 29.6 Å². The summed E-state index contributed by atoms with van der Waals surface area (Å²) in [6.07, 6.45) is 0. The van der Waals surface area contributed by atoms with E-state index in [0.717, 1.165) is 6.07 Å². The van der Waals surface area contributed by atoms with E-state index < -0.39 is 5.82 Å². The Morgan fingerprint density at radius 3 is 2.57 bits per heavy atom. The first kappa shape index (κ1) is 10.9. The Balaban J connectivity index is 2.84. The first-order valence-corrected chi connectivity index (χ1v) is 4.42. The Morgan fingerprint density at radius 1 is 1.43 bits per heavy atom. The molecule has 0 radical (unpaired) electrons. The quantitative estimate of drug-likeness (QED) is 0.725. The third kappa shape index (κ3) is 2.68. The first-order chi connectivity index (χ1) is 6.50. The van der Waals surface area contributed by atoms with Gasteiger partial charge in [0.1, 0.15) is 11.6 Å². The highest BCUT2D eigenvalue weighted by Crippen LogP contribution is 2.24. The number of aromatic hydroxyl groups is 1. The SMILES string of the molecule is CC(NN(C)C)c1ccc(F)cc1O. The van der Waals surface area contributed by atoms with E-state index in [-0.39, 0.29) is 11.8 Å². The second kappa shape index (κ2) is 4.39. The van der Waals surface area contributed by atoms with Crippen LogP contribution in [0.3, 0.4) is 0 Å². The summed E-state index contributed by atoms with van der Waals surface area (Å²) in [6.45, 7) is 1.90. The van der Waals surface area contributed by atoms with Crippen LogP contribution < -0.4 is 5.43 Å². The van der Waals surface area contributed by atoms with Gasteiger partial charge < -0.3 is 5.11 Å². The summed E-state index contributed by atoms with van der Waals surface area (Å²) >= 11 is 0. The van der Waals surface area contributed by atoms with Crippen LogP contribution in [0.1, 0.15) is 18.5 Å². The molecule has 0 aliphatic heterocycles. The maximum Gasteiger partial charge on any atom is 0.126 e. The standard InChI is InChI=1S/C10H15FN2O/c1-7(12-13(2)3)9-5-4-8(11)6-10(9)14/h4-7,12,14H,1-3H3. The summed E-state index contributed by atoms with van der Waals surface area (Å²) in [5, 5.41) is 11.3. The Morgan fingerprint density at radius 2 is 2.07 bits per heavy atom. The minimum atomic E-state index is -0.427. The van der Waals surface area contributed by atoms with Gasteiger partial charge in [0.2, 0.25) is 0 Å². The molecule has 1 rings (SSSR count). The van der Waals surface area contributed by atoms with E-state index in [2.05, 4.69) is 5.43 Å². The molecule has 1 unspecified atom stereocenters. The first-order valence-electron chi connectivity index (χ1n) is 4.42.